The topological polar surface area (TPSA) is 36.1 Å². The zero-order valence-electron chi connectivity index (χ0n) is 11.9. The number of hydrogen-bond donors (Lipinski definition) is 1. The first-order valence-corrected chi connectivity index (χ1v) is 7.77. The zero-order chi connectivity index (χ0) is 14.4. The molecule has 1 atom stereocenters. The number of aromatic amines is 1. The zero-order valence-corrected chi connectivity index (χ0v) is 11.9. The predicted octanol–water partition coefficient (Wildman–Crippen LogP) is 3.42. The largest absolute Gasteiger partial charge is 0.358 e. The normalized spacial score (nSPS) is 22.7. The molecule has 0 bridgehead atoms. The number of hydrogen-bond acceptors (Lipinski definition) is 1. The minimum atomic E-state index is -0.206. The Hall–Kier alpha value is -1.84. The summed E-state index contributed by atoms with van der Waals surface area (Å²) < 4.78 is 13.3. The molecule has 2 heterocycles. The molecule has 2 aromatic rings. The van der Waals surface area contributed by atoms with Crippen LogP contribution < -0.4 is 0 Å². The van der Waals surface area contributed by atoms with Gasteiger partial charge in [-0.05, 0) is 49.9 Å². The van der Waals surface area contributed by atoms with E-state index in [1.54, 1.807) is 12.1 Å². The van der Waals surface area contributed by atoms with Crippen molar-refractivity contribution in [3.63, 3.8) is 0 Å². The third kappa shape index (κ3) is 2.43. The Bertz CT molecular complexity index is 689. The summed E-state index contributed by atoms with van der Waals surface area (Å²) >= 11 is 0. The number of amides is 1. The van der Waals surface area contributed by atoms with E-state index in [1.165, 1.54) is 6.07 Å². The highest BCUT2D eigenvalue weighted by atomic mass is 19.1. The van der Waals surface area contributed by atoms with E-state index >= 15 is 0 Å². The van der Waals surface area contributed by atoms with Gasteiger partial charge in [0.15, 0.2) is 0 Å². The Morgan fingerprint density at radius 3 is 2.90 bits per heavy atom. The summed E-state index contributed by atoms with van der Waals surface area (Å²) in [4.78, 5) is 17.6. The molecule has 1 saturated heterocycles. The molecule has 3 nitrogen and oxygen atoms in total. The number of nitrogens with one attached hydrogen (secondary N) is 1. The van der Waals surface area contributed by atoms with Gasteiger partial charge in [-0.3, -0.25) is 4.79 Å². The first-order valence-electron chi connectivity index (χ1n) is 7.77. The predicted molar refractivity (Wildman–Crippen MR) is 79.5 cm³/mol. The second-order valence-electron chi connectivity index (χ2n) is 6.35. The van der Waals surface area contributed by atoms with E-state index in [1.807, 2.05) is 11.0 Å². The third-order valence-electron chi connectivity index (χ3n) is 4.70. The molecule has 2 aliphatic rings. The number of aromatic nitrogens is 1. The van der Waals surface area contributed by atoms with Crippen molar-refractivity contribution in [1.29, 1.82) is 0 Å². The fourth-order valence-corrected chi connectivity index (χ4v) is 3.37. The number of carbonyl (C=O) groups excluding carboxylic acids is 1. The summed E-state index contributed by atoms with van der Waals surface area (Å²) in [7, 11) is 0. The summed E-state index contributed by atoms with van der Waals surface area (Å²) in [6.45, 7) is 1.69. The van der Waals surface area contributed by atoms with Gasteiger partial charge in [0, 0.05) is 41.5 Å². The van der Waals surface area contributed by atoms with E-state index in [2.05, 4.69) is 4.98 Å². The molecule has 2 fully saturated rings. The Labute approximate surface area is 123 Å². The lowest BCUT2D eigenvalue weighted by molar-refractivity contribution is -0.133. The van der Waals surface area contributed by atoms with E-state index < -0.39 is 0 Å². The molecular weight excluding hydrogens is 267 g/mol. The van der Waals surface area contributed by atoms with Crippen LogP contribution >= 0.6 is 0 Å². The molecule has 0 radical (unpaired) electrons. The average Bonchev–Trinajstić information content (AvgIpc) is 3.26. The van der Waals surface area contributed by atoms with Crippen LogP contribution in [0.2, 0.25) is 0 Å². The molecule has 4 heteroatoms. The van der Waals surface area contributed by atoms with Crippen LogP contribution in [-0.4, -0.2) is 28.9 Å². The number of benzene rings is 1. The van der Waals surface area contributed by atoms with E-state index in [-0.39, 0.29) is 5.82 Å². The highest BCUT2D eigenvalue weighted by Crippen LogP contribution is 2.34. The fraction of sp³-hybridized carbons (Fsp3) is 0.471. The molecule has 1 amide bonds. The Morgan fingerprint density at radius 2 is 2.10 bits per heavy atom. The SMILES string of the molecule is O=C(C1CC1)N1CCCC(c2cc3cc(F)ccc3[nH]2)C1. The standard InChI is InChI=1S/C17H19FN2O/c18-14-5-6-15-13(8-14)9-16(19-15)12-2-1-7-20(10-12)17(21)11-3-4-11/h5-6,8-9,11-12,19H,1-4,7,10H2. The van der Waals surface area contributed by atoms with Gasteiger partial charge in [-0.1, -0.05) is 0 Å². The number of likely N-dealkylation sites (tertiary alicyclic amines) is 1. The van der Waals surface area contributed by atoms with Gasteiger partial charge in [0.05, 0.1) is 0 Å². The molecular formula is C17H19FN2O. The molecule has 1 saturated carbocycles. The third-order valence-corrected chi connectivity index (χ3v) is 4.70. The number of carbonyl (C=O) groups is 1. The van der Waals surface area contributed by atoms with Crippen molar-refractivity contribution in [3.8, 4) is 0 Å². The van der Waals surface area contributed by atoms with Crippen LogP contribution in [0.4, 0.5) is 4.39 Å². The minimum absolute atomic E-state index is 0.206. The Balaban J connectivity index is 1.57. The monoisotopic (exact) mass is 286 g/mol. The van der Waals surface area contributed by atoms with Gasteiger partial charge < -0.3 is 9.88 Å². The molecule has 1 aliphatic heterocycles. The Kier molecular flexibility index (Phi) is 2.98. The van der Waals surface area contributed by atoms with E-state index in [4.69, 9.17) is 0 Å². The summed E-state index contributed by atoms with van der Waals surface area (Å²) in [5.74, 6) is 0.765. The van der Waals surface area contributed by atoms with Crippen LogP contribution in [-0.2, 0) is 4.79 Å². The lowest BCUT2D eigenvalue weighted by atomic mass is 9.94. The number of halogens is 1. The van der Waals surface area contributed by atoms with Crippen molar-refractivity contribution >= 4 is 16.8 Å². The van der Waals surface area contributed by atoms with Crippen molar-refractivity contribution in [2.45, 2.75) is 31.6 Å². The summed E-state index contributed by atoms with van der Waals surface area (Å²) in [6.07, 6.45) is 4.26. The second kappa shape index (κ2) is 4.86. The first kappa shape index (κ1) is 12.9. The molecule has 1 aromatic heterocycles. The molecule has 1 unspecified atom stereocenters. The first-order chi connectivity index (χ1) is 10.2. The maximum atomic E-state index is 13.3. The van der Waals surface area contributed by atoms with Crippen LogP contribution in [0, 0.1) is 11.7 Å². The van der Waals surface area contributed by atoms with Gasteiger partial charge in [0.25, 0.3) is 0 Å². The van der Waals surface area contributed by atoms with Crippen LogP contribution in [0.1, 0.15) is 37.3 Å². The number of piperidine rings is 1. The molecule has 0 spiro atoms. The summed E-state index contributed by atoms with van der Waals surface area (Å²) in [5, 5.41) is 0.913. The lowest BCUT2D eigenvalue weighted by Crippen LogP contribution is -2.40. The van der Waals surface area contributed by atoms with Crippen molar-refractivity contribution < 1.29 is 9.18 Å². The van der Waals surface area contributed by atoms with Gasteiger partial charge in [0.2, 0.25) is 5.91 Å². The summed E-state index contributed by atoms with van der Waals surface area (Å²) in [6, 6.07) is 6.86. The van der Waals surface area contributed by atoms with Crippen LogP contribution in [0.25, 0.3) is 10.9 Å². The Morgan fingerprint density at radius 1 is 1.24 bits per heavy atom. The van der Waals surface area contributed by atoms with Crippen LogP contribution in [0.15, 0.2) is 24.3 Å². The lowest BCUT2D eigenvalue weighted by Gasteiger charge is -2.32. The molecule has 1 aliphatic carbocycles. The summed E-state index contributed by atoms with van der Waals surface area (Å²) in [5.41, 5.74) is 2.10. The highest BCUT2D eigenvalue weighted by molar-refractivity contribution is 5.82. The van der Waals surface area contributed by atoms with Gasteiger partial charge in [-0.15, -0.1) is 0 Å². The molecule has 1 N–H and O–H groups in total. The smallest absolute Gasteiger partial charge is 0.225 e. The quantitative estimate of drug-likeness (QED) is 0.902. The van der Waals surface area contributed by atoms with Crippen LogP contribution in [0.5, 0.6) is 0 Å². The maximum absolute atomic E-state index is 13.3. The molecule has 110 valence electrons. The van der Waals surface area contributed by atoms with E-state index in [9.17, 15) is 9.18 Å². The molecule has 21 heavy (non-hydrogen) atoms. The van der Waals surface area contributed by atoms with Gasteiger partial charge in [-0.25, -0.2) is 4.39 Å². The average molecular weight is 286 g/mol. The number of nitrogens with zero attached hydrogens (tertiary/aromatic N) is 1. The molecule has 1 aromatic carbocycles. The highest BCUT2D eigenvalue weighted by Gasteiger charge is 2.35. The van der Waals surface area contributed by atoms with Gasteiger partial charge in [0.1, 0.15) is 5.82 Å². The van der Waals surface area contributed by atoms with E-state index in [0.29, 0.717) is 17.7 Å². The van der Waals surface area contributed by atoms with Gasteiger partial charge >= 0.3 is 0 Å². The number of H-pyrrole nitrogens is 1. The van der Waals surface area contributed by atoms with Crippen molar-refractivity contribution in [2.75, 3.05) is 13.1 Å². The number of fused-ring (bicyclic) bond motifs is 1. The fourth-order valence-electron chi connectivity index (χ4n) is 3.37. The molecule has 4 rings (SSSR count). The maximum Gasteiger partial charge on any atom is 0.225 e. The second-order valence-corrected chi connectivity index (χ2v) is 6.35. The van der Waals surface area contributed by atoms with Crippen molar-refractivity contribution in [2.24, 2.45) is 5.92 Å². The van der Waals surface area contributed by atoms with Crippen molar-refractivity contribution in [3.05, 3.63) is 35.8 Å². The van der Waals surface area contributed by atoms with Gasteiger partial charge in [-0.2, -0.15) is 0 Å². The van der Waals surface area contributed by atoms with E-state index in [0.717, 1.165) is 55.4 Å². The number of rotatable bonds is 2. The van der Waals surface area contributed by atoms with Crippen molar-refractivity contribution in [1.82, 2.24) is 9.88 Å². The van der Waals surface area contributed by atoms with Crippen LogP contribution in [0.3, 0.4) is 0 Å². The minimum Gasteiger partial charge on any atom is -0.358 e.